The quantitative estimate of drug-likeness (QED) is 0.177. The van der Waals surface area contributed by atoms with Gasteiger partial charge in [0.25, 0.3) is 0 Å². The second kappa shape index (κ2) is 23.0. The van der Waals surface area contributed by atoms with E-state index in [9.17, 15) is 4.39 Å². The van der Waals surface area contributed by atoms with E-state index < -0.39 is 6.67 Å². The van der Waals surface area contributed by atoms with Crippen LogP contribution in [0.15, 0.2) is 110 Å². The molecule has 0 N–H and O–H groups in total. The lowest BCUT2D eigenvalue weighted by molar-refractivity contribution is 0.550. The van der Waals surface area contributed by atoms with Crippen LogP contribution in [0.5, 0.6) is 0 Å². The maximum Gasteiger partial charge on any atom is 0.129 e. The number of halogens is 1. The smallest absolute Gasteiger partial charge is 0.129 e. The molecule has 0 heterocycles. The molecule has 1 rings (SSSR count). The molecule has 0 radical (unpaired) electrons. The van der Waals surface area contributed by atoms with Crippen LogP contribution in [0.1, 0.15) is 89.5 Å². The maximum atomic E-state index is 12.5. The van der Waals surface area contributed by atoms with Crippen molar-refractivity contribution in [2.24, 2.45) is 16.1 Å². The third-order valence-electron chi connectivity index (χ3n) is 4.77. The van der Waals surface area contributed by atoms with Gasteiger partial charge in [-0.1, -0.05) is 111 Å². The molecule has 0 saturated heterocycles. The number of allylic oxidation sites excluding steroid dienone is 11. The van der Waals surface area contributed by atoms with Crippen LogP contribution in [-0.2, 0) is 0 Å². The second-order valence-electron chi connectivity index (χ2n) is 7.34. The standard InChI is InChI=1S/C26H33FN2.3C2H6/c1-9-23-15-25(29-28-24(10-2)14-11-19(5)17-27)16-26(22(23)8)21(7)13-12-20(6)18(3)4;3*1-2/h10-15,18H,5,8-9,17H2,1-4,6-7H3;3*1-2H3/b14-11-,20-12+,21-13-,24-10-,29-28?;;;. The number of hydrogen-bond donors (Lipinski definition) is 0. The van der Waals surface area contributed by atoms with Crippen molar-refractivity contribution in [2.75, 3.05) is 6.67 Å². The van der Waals surface area contributed by atoms with Crippen molar-refractivity contribution < 1.29 is 4.39 Å². The van der Waals surface area contributed by atoms with Crippen LogP contribution in [0.3, 0.4) is 0 Å². The first-order valence-corrected chi connectivity index (χ1v) is 13.0. The third kappa shape index (κ3) is 15.0. The van der Waals surface area contributed by atoms with Crippen LogP contribution < -0.4 is 0 Å². The molecular weight excluding hydrogens is 431 g/mol. The van der Waals surface area contributed by atoms with Crippen LogP contribution >= 0.6 is 0 Å². The molecule has 0 bridgehead atoms. The molecule has 0 aromatic rings. The van der Waals surface area contributed by atoms with E-state index in [1.165, 1.54) is 5.57 Å². The van der Waals surface area contributed by atoms with Crippen molar-refractivity contribution in [3.8, 4) is 0 Å². The normalized spacial score (nSPS) is 14.3. The van der Waals surface area contributed by atoms with Gasteiger partial charge in [0.1, 0.15) is 12.4 Å². The molecule has 0 atom stereocenters. The van der Waals surface area contributed by atoms with E-state index in [1.54, 1.807) is 12.2 Å². The average Bonchev–Trinajstić information content (AvgIpc) is 2.90. The number of alkyl halides is 1. The van der Waals surface area contributed by atoms with Crippen LogP contribution in [0.2, 0.25) is 0 Å². The van der Waals surface area contributed by atoms with E-state index in [4.69, 9.17) is 0 Å². The minimum Gasteiger partial charge on any atom is -0.246 e. The molecule has 1 aliphatic carbocycles. The van der Waals surface area contributed by atoms with Crippen LogP contribution in [0.25, 0.3) is 0 Å². The van der Waals surface area contributed by atoms with Gasteiger partial charge in [-0.25, -0.2) is 4.39 Å². The molecule has 0 amide bonds. The highest BCUT2D eigenvalue weighted by atomic mass is 19.1. The van der Waals surface area contributed by atoms with E-state index in [2.05, 4.69) is 75.9 Å². The minimum absolute atomic E-state index is 0.397. The van der Waals surface area contributed by atoms with Crippen LogP contribution in [0.4, 0.5) is 4.39 Å². The Morgan fingerprint density at radius 1 is 1.06 bits per heavy atom. The Balaban J connectivity index is -0.00000158. The molecule has 35 heavy (non-hydrogen) atoms. The van der Waals surface area contributed by atoms with E-state index in [0.717, 1.165) is 28.7 Å². The molecule has 3 heteroatoms. The van der Waals surface area contributed by atoms with Crippen molar-refractivity contribution in [1.82, 2.24) is 0 Å². The molecule has 0 unspecified atom stereocenters. The van der Waals surface area contributed by atoms with Gasteiger partial charge >= 0.3 is 0 Å². The highest BCUT2D eigenvalue weighted by Crippen LogP contribution is 2.31. The summed E-state index contributed by atoms with van der Waals surface area (Å²) >= 11 is 0. The summed E-state index contributed by atoms with van der Waals surface area (Å²) in [6, 6.07) is 0. The average molecular weight is 483 g/mol. The molecule has 2 nitrogen and oxygen atoms in total. The topological polar surface area (TPSA) is 24.7 Å². The number of rotatable bonds is 9. The third-order valence-corrected chi connectivity index (χ3v) is 4.77. The van der Waals surface area contributed by atoms with Crippen molar-refractivity contribution in [3.63, 3.8) is 0 Å². The van der Waals surface area contributed by atoms with Gasteiger partial charge in [0, 0.05) is 5.57 Å². The zero-order chi connectivity index (χ0) is 28.0. The van der Waals surface area contributed by atoms with Gasteiger partial charge in [-0.05, 0) is 67.6 Å². The zero-order valence-corrected chi connectivity index (χ0v) is 24.6. The zero-order valence-electron chi connectivity index (χ0n) is 24.6. The van der Waals surface area contributed by atoms with E-state index in [0.29, 0.717) is 22.9 Å². The lowest BCUT2D eigenvalue weighted by atomic mass is 9.89. The second-order valence-corrected chi connectivity index (χ2v) is 7.34. The fraction of sp³-hybridized carbons (Fsp3) is 0.469. The maximum absolute atomic E-state index is 12.5. The lowest BCUT2D eigenvalue weighted by Crippen LogP contribution is -1.98. The predicted octanol–water partition coefficient (Wildman–Crippen LogP) is 11.4. The summed E-state index contributed by atoms with van der Waals surface area (Å²) in [5.41, 5.74) is 10.5. The molecule has 0 saturated carbocycles. The Bertz CT molecular complexity index is 894. The van der Waals surface area contributed by atoms with Gasteiger partial charge in [-0.3, -0.25) is 0 Å². The summed E-state index contributed by atoms with van der Waals surface area (Å²) in [5, 5.41) is 8.63. The van der Waals surface area contributed by atoms with E-state index >= 15 is 0 Å². The summed E-state index contributed by atoms with van der Waals surface area (Å²) in [5.74, 6) is 0.509. The number of hydrogen-bond acceptors (Lipinski definition) is 2. The van der Waals surface area contributed by atoms with Crippen molar-refractivity contribution in [3.05, 3.63) is 100 Å². The van der Waals surface area contributed by atoms with Gasteiger partial charge in [-0.2, -0.15) is 5.11 Å². The Kier molecular flexibility index (Phi) is 24.2. The molecular formula is C32H51FN2. The Labute approximate surface area is 216 Å². The molecule has 0 spiro atoms. The fourth-order valence-electron chi connectivity index (χ4n) is 2.44. The van der Waals surface area contributed by atoms with Gasteiger partial charge in [0.15, 0.2) is 0 Å². The predicted molar refractivity (Wildman–Crippen MR) is 157 cm³/mol. The Morgan fingerprint density at radius 3 is 2.09 bits per heavy atom. The van der Waals surface area contributed by atoms with E-state index in [1.807, 2.05) is 60.6 Å². The first kappa shape index (κ1) is 36.8. The summed E-state index contributed by atoms with van der Waals surface area (Å²) in [6.07, 6.45) is 12.2. The van der Waals surface area contributed by atoms with Crippen molar-refractivity contribution >= 4 is 0 Å². The van der Waals surface area contributed by atoms with Gasteiger partial charge in [0.05, 0.1) is 5.70 Å². The number of azo groups is 1. The molecule has 0 aromatic heterocycles. The van der Waals surface area contributed by atoms with Gasteiger partial charge in [0.2, 0.25) is 0 Å². The fourth-order valence-corrected chi connectivity index (χ4v) is 2.44. The summed E-state index contributed by atoms with van der Waals surface area (Å²) in [6.45, 7) is 31.8. The van der Waals surface area contributed by atoms with Crippen LogP contribution in [-0.4, -0.2) is 6.67 Å². The van der Waals surface area contributed by atoms with Gasteiger partial charge < -0.3 is 0 Å². The highest BCUT2D eigenvalue weighted by molar-refractivity contribution is 5.59. The summed E-state index contributed by atoms with van der Waals surface area (Å²) in [4.78, 5) is 0. The van der Waals surface area contributed by atoms with Gasteiger partial charge in [-0.15, -0.1) is 5.11 Å². The van der Waals surface area contributed by atoms with Crippen molar-refractivity contribution in [1.29, 1.82) is 0 Å². The van der Waals surface area contributed by atoms with Crippen LogP contribution in [0, 0.1) is 5.92 Å². The minimum atomic E-state index is -0.580. The monoisotopic (exact) mass is 482 g/mol. The molecule has 0 fully saturated rings. The Morgan fingerprint density at radius 2 is 1.63 bits per heavy atom. The molecule has 196 valence electrons. The molecule has 0 aliphatic heterocycles. The first-order valence-electron chi connectivity index (χ1n) is 13.0. The molecule has 1 aliphatic rings. The SMILES string of the molecule is C=C(/C=C\C(=C\C)N=NC1=C=C(/C(C)=C\C=C(/C)C(C)C)C(=C)C(CC)=C1)CF.CC.CC.CC. The largest absolute Gasteiger partial charge is 0.246 e. The Hall–Kier alpha value is -2.77. The summed E-state index contributed by atoms with van der Waals surface area (Å²) < 4.78 is 12.5. The molecule has 0 aromatic carbocycles. The van der Waals surface area contributed by atoms with Crippen molar-refractivity contribution in [2.45, 2.75) is 89.5 Å². The van der Waals surface area contributed by atoms with E-state index in [-0.39, 0.29) is 0 Å². The lowest BCUT2D eigenvalue weighted by Gasteiger charge is -2.16. The number of nitrogens with zero attached hydrogens (tertiary/aromatic N) is 2. The first-order chi connectivity index (χ1) is 16.7. The highest BCUT2D eigenvalue weighted by Gasteiger charge is 2.14. The summed E-state index contributed by atoms with van der Waals surface area (Å²) in [7, 11) is 0.